The second-order valence-electron chi connectivity index (χ2n) is 4.72. The maximum atomic E-state index is 12.3. The Morgan fingerprint density at radius 3 is 2.19 bits per heavy atom. The molecule has 0 radical (unpaired) electrons. The molecule has 90 valence electrons. The zero-order valence-corrected chi connectivity index (χ0v) is 11.2. The first-order chi connectivity index (χ1) is 7.21. The van der Waals surface area contributed by atoms with E-state index in [-0.39, 0.29) is 4.90 Å². The monoisotopic (exact) mass is 242 g/mol. The van der Waals surface area contributed by atoms with E-state index in [2.05, 4.69) is 0 Å². The van der Waals surface area contributed by atoms with E-state index in [1.165, 1.54) is 7.11 Å². The standard InChI is InChI=1S/C12H18O3S/c1-9-7-6-8-10(11(9)15-5)16(13,14)12(2,3)4/h6-8H,1-5H3. The van der Waals surface area contributed by atoms with Gasteiger partial charge < -0.3 is 4.74 Å². The van der Waals surface area contributed by atoms with Gasteiger partial charge in [0, 0.05) is 0 Å². The smallest absolute Gasteiger partial charge is 0.186 e. The molecule has 0 bridgehead atoms. The van der Waals surface area contributed by atoms with Crippen molar-refractivity contribution in [2.75, 3.05) is 7.11 Å². The van der Waals surface area contributed by atoms with Crippen LogP contribution in [0, 0.1) is 6.92 Å². The van der Waals surface area contributed by atoms with Gasteiger partial charge in [0.05, 0.1) is 11.9 Å². The first-order valence-corrected chi connectivity index (χ1v) is 6.58. The molecule has 3 nitrogen and oxygen atoms in total. The second kappa shape index (κ2) is 4.09. The largest absolute Gasteiger partial charge is 0.495 e. The van der Waals surface area contributed by atoms with Crippen molar-refractivity contribution in [1.82, 2.24) is 0 Å². The van der Waals surface area contributed by atoms with Gasteiger partial charge in [0.25, 0.3) is 0 Å². The van der Waals surface area contributed by atoms with Gasteiger partial charge in [-0.25, -0.2) is 8.42 Å². The summed E-state index contributed by atoms with van der Waals surface area (Å²) in [6.45, 7) is 6.89. The highest BCUT2D eigenvalue weighted by Crippen LogP contribution is 2.33. The normalized spacial score (nSPS) is 12.6. The summed E-state index contributed by atoms with van der Waals surface area (Å²) in [6, 6.07) is 5.16. The number of para-hydroxylation sites is 1. The molecule has 0 saturated carbocycles. The Hall–Kier alpha value is -1.03. The summed E-state index contributed by atoms with van der Waals surface area (Å²) in [6.07, 6.45) is 0. The average molecular weight is 242 g/mol. The van der Waals surface area contributed by atoms with E-state index in [0.29, 0.717) is 5.75 Å². The van der Waals surface area contributed by atoms with Crippen LogP contribution >= 0.6 is 0 Å². The van der Waals surface area contributed by atoms with E-state index in [1.54, 1.807) is 32.9 Å². The Morgan fingerprint density at radius 2 is 1.75 bits per heavy atom. The Morgan fingerprint density at radius 1 is 1.19 bits per heavy atom. The Kier molecular flexibility index (Phi) is 3.33. The van der Waals surface area contributed by atoms with Crippen LogP contribution in [0.2, 0.25) is 0 Å². The van der Waals surface area contributed by atoms with E-state index in [0.717, 1.165) is 5.56 Å². The molecule has 0 spiro atoms. The summed E-state index contributed by atoms with van der Waals surface area (Å²) in [5.74, 6) is 0.442. The minimum absolute atomic E-state index is 0.266. The molecule has 0 amide bonds. The van der Waals surface area contributed by atoms with Crippen LogP contribution in [0.15, 0.2) is 23.1 Å². The molecule has 0 aromatic heterocycles. The average Bonchev–Trinajstić information content (AvgIpc) is 2.15. The van der Waals surface area contributed by atoms with Crippen LogP contribution in [0.3, 0.4) is 0 Å². The third-order valence-electron chi connectivity index (χ3n) is 2.48. The van der Waals surface area contributed by atoms with Gasteiger partial charge in [-0.3, -0.25) is 0 Å². The van der Waals surface area contributed by atoms with Gasteiger partial charge in [0.15, 0.2) is 9.84 Å². The van der Waals surface area contributed by atoms with Gasteiger partial charge in [-0.15, -0.1) is 0 Å². The number of benzene rings is 1. The molecule has 0 heterocycles. The molecule has 1 rings (SSSR count). The predicted octanol–water partition coefficient (Wildman–Crippen LogP) is 2.58. The Balaban J connectivity index is 3.52. The molecular weight excluding hydrogens is 224 g/mol. The van der Waals surface area contributed by atoms with E-state index in [1.807, 2.05) is 13.0 Å². The highest BCUT2D eigenvalue weighted by atomic mass is 32.2. The summed E-state index contributed by atoms with van der Waals surface area (Å²) in [5.41, 5.74) is 0.827. The number of hydrogen-bond acceptors (Lipinski definition) is 3. The van der Waals surface area contributed by atoms with Crippen LogP contribution in [0.25, 0.3) is 0 Å². The fraction of sp³-hybridized carbons (Fsp3) is 0.500. The molecule has 0 saturated heterocycles. The number of hydrogen-bond donors (Lipinski definition) is 0. The SMILES string of the molecule is COc1c(C)cccc1S(=O)(=O)C(C)(C)C. The van der Waals surface area contributed by atoms with E-state index < -0.39 is 14.6 Å². The molecule has 0 unspecified atom stereocenters. The van der Waals surface area contributed by atoms with Crippen LogP contribution in [0.4, 0.5) is 0 Å². The lowest BCUT2D eigenvalue weighted by atomic mass is 10.2. The third kappa shape index (κ3) is 2.07. The van der Waals surface area contributed by atoms with Crippen molar-refractivity contribution in [1.29, 1.82) is 0 Å². The maximum absolute atomic E-state index is 12.3. The topological polar surface area (TPSA) is 43.4 Å². The number of methoxy groups -OCH3 is 1. The van der Waals surface area contributed by atoms with Crippen molar-refractivity contribution in [2.45, 2.75) is 37.3 Å². The molecule has 0 fully saturated rings. The summed E-state index contributed by atoms with van der Waals surface area (Å²) in [4.78, 5) is 0.266. The molecule has 4 heteroatoms. The molecule has 0 atom stereocenters. The maximum Gasteiger partial charge on any atom is 0.186 e. The highest BCUT2D eigenvalue weighted by Gasteiger charge is 2.33. The molecule has 1 aromatic rings. The highest BCUT2D eigenvalue weighted by molar-refractivity contribution is 7.92. The van der Waals surface area contributed by atoms with Gasteiger partial charge in [-0.1, -0.05) is 12.1 Å². The zero-order valence-electron chi connectivity index (χ0n) is 10.4. The van der Waals surface area contributed by atoms with Crippen molar-refractivity contribution < 1.29 is 13.2 Å². The molecule has 0 N–H and O–H groups in total. The number of sulfone groups is 1. The number of rotatable bonds is 2. The first kappa shape index (κ1) is 13.0. The minimum Gasteiger partial charge on any atom is -0.495 e. The van der Waals surface area contributed by atoms with Crippen LogP contribution in [0.1, 0.15) is 26.3 Å². The van der Waals surface area contributed by atoms with Crippen LogP contribution in [-0.2, 0) is 9.84 Å². The number of ether oxygens (including phenoxy) is 1. The summed E-state index contributed by atoms with van der Waals surface area (Å²) in [7, 11) is -1.88. The van der Waals surface area contributed by atoms with E-state index in [9.17, 15) is 8.42 Å². The molecule has 1 aromatic carbocycles. The minimum atomic E-state index is -3.37. The first-order valence-electron chi connectivity index (χ1n) is 5.10. The van der Waals surface area contributed by atoms with Crippen LogP contribution < -0.4 is 4.74 Å². The van der Waals surface area contributed by atoms with Gasteiger partial charge in [0.2, 0.25) is 0 Å². The lowest BCUT2D eigenvalue weighted by Gasteiger charge is -2.21. The molecular formula is C12H18O3S. The molecule has 0 aliphatic heterocycles. The summed E-state index contributed by atoms with van der Waals surface area (Å²) in [5, 5.41) is 0. The van der Waals surface area contributed by atoms with Crippen molar-refractivity contribution in [3.05, 3.63) is 23.8 Å². The zero-order chi connectivity index (χ0) is 12.6. The Bertz CT molecular complexity index is 481. The van der Waals surface area contributed by atoms with Crippen LogP contribution in [-0.4, -0.2) is 20.3 Å². The fourth-order valence-electron chi connectivity index (χ4n) is 1.43. The van der Waals surface area contributed by atoms with Crippen molar-refractivity contribution in [3.63, 3.8) is 0 Å². The summed E-state index contributed by atoms with van der Waals surface area (Å²) >= 11 is 0. The quantitative estimate of drug-likeness (QED) is 0.800. The molecule has 0 aliphatic carbocycles. The summed E-state index contributed by atoms with van der Waals surface area (Å²) < 4.78 is 29.0. The van der Waals surface area contributed by atoms with Gasteiger partial charge in [0.1, 0.15) is 10.6 Å². The van der Waals surface area contributed by atoms with Gasteiger partial charge >= 0.3 is 0 Å². The van der Waals surface area contributed by atoms with Crippen molar-refractivity contribution >= 4 is 9.84 Å². The molecule has 0 aliphatic rings. The van der Waals surface area contributed by atoms with Gasteiger partial charge in [-0.05, 0) is 39.3 Å². The third-order valence-corrected chi connectivity index (χ3v) is 4.99. The van der Waals surface area contributed by atoms with E-state index >= 15 is 0 Å². The Labute approximate surface area is 97.4 Å². The predicted molar refractivity (Wildman–Crippen MR) is 64.7 cm³/mol. The lowest BCUT2D eigenvalue weighted by molar-refractivity contribution is 0.398. The number of aryl methyl sites for hydroxylation is 1. The van der Waals surface area contributed by atoms with Crippen LogP contribution in [0.5, 0.6) is 5.75 Å². The molecule has 16 heavy (non-hydrogen) atoms. The van der Waals surface area contributed by atoms with Crippen molar-refractivity contribution in [3.8, 4) is 5.75 Å². The lowest BCUT2D eigenvalue weighted by Crippen LogP contribution is -2.28. The van der Waals surface area contributed by atoms with E-state index in [4.69, 9.17) is 4.74 Å². The van der Waals surface area contributed by atoms with Gasteiger partial charge in [-0.2, -0.15) is 0 Å². The van der Waals surface area contributed by atoms with Crippen molar-refractivity contribution in [2.24, 2.45) is 0 Å². The fourth-order valence-corrected chi connectivity index (χ4v) is 2.83. The second-order valence-corrected chi connectivity index (χ2v) is 7.39.